The Morgan fingerprint density at radius 2 is 1.81 bits per heavy atom. The van der Waals surface area contributed by atoms with Crippen LogP contribution in [0.3, 0.4) is 0 Å². The summed E-state index contributed by atoms with van der Waals surface area (Å²) in [6.45, 7) is -3.40. The van der Waals surface area contributed by atoms with Gasteiger partial charge in [0, 0.05) is 24.2 Å². The Kier molecular flexibility index (Phi) is 8.43. The molecule has 2 N–H and O–H groups in total. The standard InChI is InChI=1S/C27H19Cl2F3N6O4/c28-19-6-8-22(37-14-23(29)34-35-37)24(25(19)30)17-5-7-21(38(41)13-17)20(9-10-42-27(31)32)36-12-18(11-33-36)15-1-3-16(4-2-15)26(39)40/h1-8,11-14,20,27H,9-10H2,(H,39,40)/p+1/t20-/m1/s1. The van der Waals surface area contributed by atoms with Crippen LogP contribution in [0.1, 0.15) is 28.5 Å². The number of alkyl halides is 2. The lowest BCUT2D eigenvalue weighted by atomic mass is 10.0. The lowest BCUT2D eigenvalue weighted by Gasteiger charge is -2.18. The second-order valence-electron chi connectivity index (χ2n) is 8.98. The van der Waals surface area contributed by atoms with Crippen molar-refractivity contribution in [1.29, 1.82) is 0 Å². The fourth-order valence-corrected chi connectivity index (χ4v) is 4.74. The molecule has 0 amide bonds. The summed E-state index contributed by atoms with van der Waals surface area (Å²) in [4.78, 5) is 11.2. The summed E-state index contributed by atoms with van der Waals surface area (Å²) in [5.41, 5.74) is 1.91. The van der Waals surface area contributed by atoms with Gasteiger partial charge in [0.05, 0.1) is 39.6 Å². The van der Waals surface area contributed by atoms with Gasteiger partial charge in [-0.1, -0.05) is 28.9 Å². The van der Waals surface area contributed by atoms with Gasteiger partial charge in [0.2, 0.25) is 5.69 Å². The molecule has 0 saturated carbocycles. The molecule has 0 fully saturated rings. The zero-order valence-corrected chi connectivity index (χ0v) is 22.8. The number of aromatic carboxylic acids is 1. The summed E-state index contributed by atoms with van der Waals surface area (Å²) in [5, 5.41) is 33.2. The second-order valence-corrected chi connectivity index (χ2v) is 9.78. The third-order valence-corrected chi connectivity index (χ3v) is 6.90. The summed E-state index contributed by atoms with van der Waals surface area (Å²) in [7, 11) is 0. The van der Waals surface area contributed by atoms with Crippen molar-refractivity contribution < 1.29 is 37.2 Å². The quantitative estimate of drug-likeness (QED) is 0.163. The number of benzene rings is 2. The van der Waals surface area contributed by atoms with E-state index in [4.69, 9.17) is 28.3 Å². The van der Waals surface area contributed by atoms with Gasteiger partial charge in [-0.3, -0.25) is 4.68 Å². The van der Waals surface area contributed by atoms with Crippen LogP contribution in [0, 0.1) is 11.0 Å². The lowest BCUT2D eigenvalue weighted by Crippen LogP contribution is -2.36. The minimum atomic E-state index is -3.01. The van der Waals surface area contributed by atoms with E-state index in [1.165, 1.54) is 58.2 Å². The highest BCUT2D eigenvalue weighted by molar-refractivity contribution is 6.31. The number of nitrogens with one attached hydrogen (secondary N) is 1. The second kappa shape index (κ2) is 12.2. The van der Waals surface area contributed by atoms with Gasteiger partial charge in [0.25, 0.3) is 0 Å². The van der Waals surface area contributed by atoms with E-state index in [0.29, 0.717) is 15.9 Å². The molecule has 5 aromatic rings. The predicted octanol–water partition coefficient (Wildman–Crippen LogP) is 5.21. The third kappa shape index (κ3) is 6.08. The average Bonchev–Trinajstić information content (AvgIpc) is 3.62. The fourth-order valence-electron chi connectivity index (χ4n) is 4.45. The summed E-state index contributed by atoms with van der Waals surface area (Å²) in [6, 6.07) is 11.0. The Balaban J connectivity index is 1.53. The normalized spacial score (nSPS) is 12.1. The molecular weight excluding hydrogens is 600 g/mol. The molecular formula is C27H20Cl2F3N6O4+. The zero-order valence-electron chi connectivity index (χ0n) is 21.3. The van der Waals surface area contributed by atoms with Crippen molar-refractivity contribution in [3.8, 4) is 27.9 Å². The molecule has 10 nitrogen and oxygen atoms in total. The van der Waals surface area contributed by atoms with Gasteiger partial charge < -0.3 is 15.1 Å². The lowest BCUT2D eigenvalue weighted by molar-refractivity contribution is -0.659. The molecule has 42 heavy (non-hydrogen) atoms. The first-order chi connectivity index (χ1) is 20.1. The number of aromatic nitrogens is 6. The maximum absolute atomic E-state index is 15.3. The molecule has 0 saturated heterocycles. The van der Waals surface area contributed by atoms with Crippen LogP contribution in [-0.4, -0.2) is 44.4 Å². The molecule has 1 atom stereocenters. The van der Waals surface area contributed by atoms with Crippen molar-refractivity contribution in [3.63, 3.8) is 0 Å². The number of hydrogen-bond acceptors (Lipinski definition) is 5. The maximum atomic E-state index is 15.3. The van der Waals surface area contributed by atoms with Crippen molar-refractivity contribution in [1.82, 2.24) is 20.1 Å². The van der Waals surface area contributed by atoms with Crippen molar-refractivity contribution in [2.24, 2.45) is 0 Å². The Hall–Kier alpha value is -4.46. The number of nitrogens with zero attached hydrogens (tertiary/aromatic N) is 5. The van der Waals surface area contributed by atoms with E-state index in [1.54, 1.807) is 18.3 Å². The number of carboxylic acids is 1. The van der Waals surface area contributed by atoms with E-state index in [9.17, 15) is 18.8 Å². The Bertz CT molecular complexity index is 1750. The smallest absolute Gasteiger partial charge is 0.345 e. The Labute approximate surface area is 245 Å². The number of pyridine rings is 1. The first-order valence-electron chi connectivity index (χ1n) is 12.2. The number of rotatable bonds is 10. The van der Waals surface area contributed by atoms with E-state index in [0.717, 1.165) is 6.20 Å². The predicted molar refractivity (Wildman–Crippen MR) is 144 cm³/mol. The summed E-state index contributed by atoms with van der Waals surface area (Å²) in [6.07, 6.45) is 5.61. The van der Waals surface area contributed by atoms with Crippen LogP contribution < -0.4 is 9.41 Å². The van der Waals surface area contributed by atoms with E-state index >= 15 is 4.39 Å². The number of aromatic amines is 1. The topological polar surface area (TPSA) is 124 Å². The zero-order chi connectivity index (χ0) is 30.0. The van der Waals surface area contributed by atoms with Gasteiger partial charge in [-0.15, -0.1) is 4.68 Å². The monoisotopic (exact) mass is 619 g/mol. The van der Waals surface area contributed by atoms with Gasteiger partial charge >= 0.3 is 17.7 Å². The molecule has 3 aromatic heterocycles. The molecule has 0 aliphatic carbocycles. The number of carboxylic acid groups (broad SMARTS) is 1. The number of carbonyl (C=O) groups is 1. The molecule has 0 aliphatic heterocycles. The summed E-state index contributed by atoms with van der Waals surface area (Å²) < 4.78 is 48.6. The van der Waals surface area contributed by atoms with Crippen LogP contribution in [0.15, 0.2) is 73.3 Å². The van der Waals surface area contributed by atoms with E-state index < -0.39 is 31.0 Å². The molecule has 15 heteroatoms. The number of H-pyrrole nitrogens is 1. The molecule has 0 unspecified atom stereocenters. The van der Waals surface area contributed by atoms with Crippen molar-refractivity contribution in [3.05, 3.63) is 106 Å². The first-order valence-corrected chi connectivity index (χ1v) is 13.0. The average molecular weight is 620 g/mol. The molecule has 2 aromatic carbocycles. The minimum absolute atomic E-state index is 0.00673. The summed E-state index contributed by atoms with van der Waals surface area (Å²) in [5.74, 6) is -1.86. The van der Waals surface area contributed by atoms with Crippen molar-refractivity contribution >= 4 is 29.2 Å². The molecule has 3 heterocycles. The van der Waals surface area contributed by atoms with E-state index in [-0.39, 0.29) is 44.7 Å². The van der Waals surface area contributed by atoms with Crippen LogP contribution in [0.4, 0.5) is 13.2 Å². The van der Waals surface area contributed by atoms with Gasteiger partial charge in [-0.05, 0) is 47.5 Å². The molecule has 0 radical (unpaired) electrons. The van der Waals surface area contributed by atoms with Gasteiger partial charge in [-0.2, -0.15) is 18.6 Å². The number of ether oxygens (including phenoxy) is 1. The molecule has 0 spiro atoms. The van der Waals surface area contributed by atoms with E-state index in [1.807, 2.05) is 0 Å². The highest BCUT2D eigenvalue weighted by Crippen LogP contribution is 2.32. The van der Waals surface area contributed by atoms with Gasteiger partial charge in [0.15, 0.2) is 23.9 Å². The minimum Gasteiger partial charge on any atom is -0.618 e. The fraction of sp³-hybridized carbons (Fsp3) is 0.148. The molecule has 5 rings (SSSR count). The van der Waals surface area contributed by atoms with Crippen LogP contribution >= 0.6 is 23.2 Å². The van der Waals surface area contributed by atoms with Gasteiger partial charge in [0.1, 0.15) is 6.04 Å². The number of halogens is 5. The Morgan fingerprint density at radius 3 is 2.45 bits per heavy atom. The van der Waals surface area contributed by atoms with Crippen molar-refractivity contribution in [2.45, 2.75) is 19.1 Å². The maximum Gasteiger partial charge on any atom is 0.345 e. The third-order valence-electron chi connectivity index (χ3n) is 6.43. The van der Waals surface area contributed by atoms with Crippen LogP contribution in [0.2, 0.25) is 10.2 Å². The molecule has 0 aliphatic rings. The summed E-state index contributed by atoms with van der Waals surface area (Å²) >= 11 is 12.0. The van der Waals surface area contributed by atoms with Gasteiger partial charge in [-0.25, -0.2) is 9.18 Å². The van der Waals surface area contributed by atoms with Crippen molar-refractivity contribution in [2.75, 3.05) is 6.61 Å². The highest BCUT2D eigenvalue weighted by atomic mass is 35.5. The largest absolute Gasteiger partial charge is 0.618 e. The van der Waals surface area contributed by atoms with Crippen LogP contribution in [0.5, 0.6) is 0 Å². The van der Waals surface area contributed by atoms with Crippen LogP contribution in [-0.2, 0) is 4.74 Å². The first kappa shape index (κ1) is 29.0. The van der Waals surface area contributed by atoms with E-state index in [2.05, 4.69) is 20.1 Å². The molecule has 0 bridgehead atoms. The molecule has 216 valence electrons. The highest BCUT2D eigenvalue weighted by Gasteiger charge is 2.27. The SMILES string of the molecule is O=C(O)c1ccc(-c2cnn([C@H](CCOC(F)F)c3ccc(-c4c(-[n+]5cc(Cl)n[nH]5)ccc(Cl)c4F)c[n+]3[O-])c2)cc1. The van der Waals surface area contributed by atoms with Crippen LogP contribution in [0.25, 0.3) is 27.9 Å². The Morgan fingerprint density at radius 1 is 1.07 bits per heavy atom. The number of hydrogen-bond donors (Lipinski definition) is 2.